The van der Waals surface area contributed by atoms with E-state index in [0.29, 0.717) is 0 Å². The molecule has 0 aliphatic rings. The van der Waals surface area contributed by atoms with Crippen LogP contribution in [0.4, 0.5) is 5.69 Å². The fourth-order valence-corrected chi connectivity index (χ4v) is 3.89. The highest BCUT2D eigenvalue weighted by atomic mass is 79.9. The van der Waals surface area contributed by atoms with Crippen molar-refractivity contribution in [1.29, 1.82) is 0 Å². The molecule has 0 heterocycles. The van der Waals surface area contributed by atoms with Crippen LogP contribution in [0.15, 0.2) is 48.5 Å². The van der Waals surface area contributed by atoms with Crippen LogP contribution in [0.5, 0.6) is 0 Å². The Bertz CT molecular complexity index is 611. The minimum atomic E-state index is -0.382. The summed E-state index contributed by atoms with van der Waals surface area (Å²) < 4.78 is 0. The second-order valence-corrected chi connectivity index (χ2v) is 7.14. The first-order valence-electron chi connectivity index (χ1n) is 6.56. The Hall–Kier alpha value is -1.20. The third-order valence-electron chi connectivity index (χ3n) is 3.32. The van der Waals surface area contributed by atoms with Crippen molar-refractivity contribution in [2.24, 2.45) is 0 Å². The van der Waals surface area contributed by atoms with Gasteiger partial charge in [0.05, 0.1) is 4.92 Å². The first kappa shape index (κ1) is 16.2. The van der Waals surface area contributed by atoms with Gasteiger partial charge in [0.25, 0.3) is 5.69 Å². The molecule has 110 valence electrons. The van der Waals surface area contributed by atoms with E-state index in [1.54, 1.807) is 24.3 Å². The number of benzene rings is 2. The van der Waals surface area contributed by atoms with Crippen molar-refractivity contribution in [2.75, 3.05) is 0 Å². The fraction of sp³-hybridized carbons (Fsp3) is 0.250. The average Bonchev–Trinajstić information content (AvgIpc) is 2.47. The van der Waals surface area contributed by atoms with Gasteiger partial charge in [-0.1, -0.05) is 73.8 Å². The zero-order chi connectivity index (χ0) is 15.4. The topological polar surface area (TPSA) is 43.1 Å². The van der Waals surface area contributed by atoms with Crippen LogP contribution in [-0.2, 0) is 0 Å². The maximum atomic E-state index is 10.7. The Labute approximate surface area is 140 Å². The standard InChI is InChI=1S/C16H15Br2NO2/c1-11-2-4-12(5-3-11)15(17)10-16(18)13-6-8-14(9-7-13)19(20)21/h2-9,15-16H,10H2,1H3. The Morgan fingerprint density at radius 3 is 1.81 bits per heavy atom. The van der Waals surface area contributed by atoms with E-state index in [9.17, 15) is 10.1 Å². The lowest BCUT2D eigenvalue weighted by molar-refractivity contribution is -0.384. The third-order valence-corrected chi connectivity index (χ3v) is 5.12. The normalized spacial score (nSPS) is 13.7. The highest BCUT2D eigenvalue weighted by Gasteiger charge is 2.16. The van der Waals surface area contributed by atoms with Gasteiger partial charge in [-0.3, -0.25) is 10.1 Å². The number of hydrogen-bond donors (Lipinski definition) is 0. The lowest BCUT2D eigenvalue weighted by Crippen LogP contribution is -1.97. The Morgan fingerprint density at radius 1 is 0.952 bits per heavy atom. The summed E-state index contributed by atoms with van der Waals surface area (Å²) in [5.74, 6) is 0. The number of nitro groups is 1. The van der Waals surface area contributed by atoms with Crippen molar-refractivity contribution >= 4 is 37.5 Å². The molecule has 3 nitrogen and oxygen atoms in total. The molecule has 0 fully saturated rings. The number of hydrogen-bond acceptors (Lipinski definition) is 2. The van der Waals surface area contributed by atoms with Gasteiger partial charge in [0.2, 0.25) is 0 Å². The van der Waals surface area contributed by atoms with Gasteiger partial charge in [0.15, 0.2) is 0 Å². The van der Waals surface area contributed by atoms with Gasteiger partial charge in [0, 0.05) is 21.8 Å². The molecule has 2 rings (SSSR count). The highest BCUT2D eigenvalue weighted by Crippen LogP contribution is 2.38. The zero-order valence-electron chi connectivity index (χ0n) is 11.5. The molecule has 5 heteroatoms. The molecular formula is C16H15Br2NO2. The molecule has 0 amide bonds. The van der Waals surface area contributed by atoms with Crippen molar-refractivity contribution in [3.63, 3.8) is 0 Å². The number of alkyl halides is 2. The summed E-state index contributed by atoms with van der Waals surface area (Å²) in [6, 6.07) is 15.1. The summed E-state index contributed by atoms with van der Waals surface area (Å²) in [4.78, 5) is 10.7. The summed E-state index contributed by atoms with van der Waals surface area (Å²) in [6.45, 7) is 2.07. The quantitative estimate of drug-likeness (QED) is 0.350. The summed E-state index contributed by atoms with van der Waals surface area (Å²) in [7, 11) is 0. The fourth-order valence-electron chi connectivity index (χ4n) is 2.03. The predicted molar refractivity (Wildman–Crippen MR) is 92.2 cm³/mol. The van der Waals surface area contributed by atoms with Crippen molar-refractivity contribution in [3.05, 3.63) is 75.3 Å². The Kier molecular flexibility index (Phi) is 5.53. The Morgan fingerprint density at radius 2 is 1.38 bits per heavy atom. The average molecular weight is 413 g/mol. The van der Waals surface area contributed by atoms with E-state index in [1.165, 1.54) is 11.1 Å². The smallest absolute Gasteiger partial charge is 0.258 e. The van der Waals surface area contributed by atoms with Gasteiger partial charge in [-0.15, -0.1) is 0 Å². The van der Waals surface area contributed by atoms with Crippen LogP contribution in [0.25, 0.3) is 0 Å². The maximum absolute atomic E-state index is 10.7. The summed E-state index contributed by atoms with van der Waals surface area (Å²) >= 11 is 7.37. The van der Waals surface area contributed by atoms with Crippen molar-refractivity contribution in [2.45, 2.75) is 23.0 Å². The van der Waals surface area contributed by atoms with Crippen LogP contribution in [0.3, 0.4) is 0 Å². The number of nitrogens with zero attached hydrogens (tertiary/aromatic N) is 1. The van der Waals surface area contributed by atoms with Crippen LogP contribution in [0.2, 0.25) is 0 Å². The third kappa shape index (κ3) is 4.38. The number of rotatable bonds is 5. The van der Waals surface area contributed by atoms with Gasteiger partial charge >= 0.3 is 0 Å². The second kappa shape index (κ2) is 7.18. The molecule has 0 bridgehead atoms. The first-order valence-corrected chi connectivity index (χ1v) is 8.39. The highest BCUT2D eigenvalue weighted by molar-refractivity contribution is 9.09. The van der Waals surface area contributed by atoms with E-state index in [-0.39, 0.29) is 20.3 Å². The van der Waals surface area contributed by atoms with Crippen molar-refractivity contribution < 1.29 is 4.92 Å². The molecule has 0 saturated heterocycles. The van der Waals surface area contributed by atoms with Crippen LogP contribution in [0.1, 0.15) is 32.8 Å². The van der Waals surface area contributed by atoms with Gasteiger partial charge < -0.3 is 0 Å². The van der Waals surface area contributed by atoms with Gasteiger partial charge in [-0.05, 0) is 24.5 Å². The molecule has 2 unspecified atom stereocenters. The van der Waals surface area contributed by atoms with E-state index in [4.69, 9.17) is 0 Å². The first-order chi connectivity index (χ1) is 9.97. The lowest BCUT2D eigenvalue weighted by atomic mass is 10.0. The molecule has 0 aliphatic heterocycles. The monoisotopic (exact) mass is 411 g/mol. The number of halogens is 2. The van der Waals surface area contributed by atoms with E-state index < -0.39 is 0 Å². The molecule has 0 spiro atoms. The molecular weight excluding hydrogens is 398 g/mol. The summed E-state index contributed by atoms with van der Waals surface area (Å²) in [6.07, 6.45) is 0.862. The van der Waals surface area contributed by atoms with E-state index in [1.807, 2.05) is 0 Å². The predicted octanol–water partition coefficient (Wildman–Crippen LogP) is 5.87. The molecule has 2 aromatic rings. The summed E-state index contributed by atoms with van der Waals surface area (Å²) in [5, 5.41) is 10.7. The van der Waals surface area contributed by atoms with Crippen molar-refractivity contribution in [3.8, 4) is 0 Å². The van der Waals surface area contributed by atoms with Crippen molar-refractivity contribution in [1.82, 2.24) is 0 Å². The van der Waals surface area contributed by atoms with Crippen LogP contribution in [0, 0.1) is 17.0 Å². The molecule has 0 aromatic heterocycles. The van der Waals surface area contributed by atoms with Crippen LogP contribution in [-0.4, -0.2) is 4.92 Å². The van der Waals surface area contributed by atoms with Crippen LogP contribution < -0.4 is 0 Å². The zero-order valence-corrected chi connectivity index (χ0v) is 14.7. The summed E-state index contributed by atoms with van der Waals surface area (Å²) in [5.41, 5.74) is 3.63. The number of aryl methyl sites for hydroxylation is 1. The van der Waals surface area contributed by atoms with E-state index >= 15 is 0 Å². The molecule has 2 atom stereocenters. The SMILES string of the molecule is Cc1ccc(C(Br)CC(Br)c2ccc([N+](=O)[O-])cc2)cc1. The van der Waals surface area contributed by atoms with E-state index in [0.717, 1.165) is 12.0 Å². The number of nitro benzene ring substituents is 1. The maximum Gasteiger partial charge on any atom is 0.269 e. The molecule has 0 radical (unpaired) electrons. The largest absolute Gasteiger partial charge is 0.269 e. The van der Waals surface area contributed by atoms with Crippen LogP contribution >= 0.6 is 31.9 Å². The molecule has 0 aliphatic carbocycles. The Balaban J connectivity index is 2.04. The van der Waals surface area contributed by atoms with Gasteiger partial charge in [0.1, 0.15) is 0 Å². The second-order valence-electron chi connectivity index (χ2n) is 4.93. The minimum absolute atomic E-state index is 0.118. The molecule has 21 heavy (non-hydrogen) atoms. The van der Waals surface area contributed by atoms with Gasteiger partial charge in [-0.2, -0.15) is 0 Å². The number of non-ortho nitro benzene ring substituents is 1. The van der Waals surface area contributed by atoms with E-state index in [2.05, 4.69) is 63.0 Å². The minimum Gasteiger partial charge on any atom is -0.258 e. The molecule has 0 N–H and O–H groups in total. The van der Waals surface area contributed by atoms with Gasteiger partial charge in [-0.25, -0.2) is 0 Å². The lowest BCUT2D eigenvalue weighted by Gasteiger charge is -2.15. The molecule has 0 saturated carbocycles. The molecule has 2 aromatic carbocycles.